The predicted molar refractivity (Wildman–Crippen MR) is 68.1 cm³/mol. The van der Waals surface area contributed by atoms with E-state index >= 15 is 0 Å². The van der Waals surface area contributed by atoms with Gasteiger partial charge in [0, 0.05) is 25.0 Å². The van der Waals surface area contributed by atoms with Crippen LogP contribution in [-0.4, -0.2) is 18.7 Å². The second kappa shape index (κ2) is 4.67. The van der Waals surface area contributed by atoms with Crippen molar-refractivity contribution in [3.05, 3.63) is 29.3 Å². The van der Waals surface area contributed by atoms with Crippen molar-refractivity contribution < 1.29 is 4.74 Å². The van der Waals surface area contributed by atoms with Crippen LogP contribution in [0.2, 0.25) is 0 Å². The zero-order valence-electron chi connectivity index (χ0n) is 10.1. The van der Waals surface area contributed by atoms with Gasteiger partial charge in [0.2, 0.25) is 0 Å². The maximum absolute atomic E-state index is 6.05. The molecule has 0 amide bonds. The minimum Gasteiger partial charge on any atom is -0.493 e. The number of hydrogen-bond acceptors (Lipinski definition) is 3. The highest BCUT2D eigenvalue weighted by Crippen LogP contribution is 2.26. The first-order valence-corrected chi connectivity index (χ1v) is 6.56. The molecule has 0 radical (unpaired) electrons. The Morgan fingerprint density at radius 3 is 3.12 bits per heavy atom. The SMILES string of the molecule is NC1CCCC1NCc1ccc2c(c1)CCO2. The van der Waals surface area contributed by atoms with Crippen LogP contribution in [-0.2, 0) is 13.0 Å². The molecule has 3 nitrogen and oxygen atoms in total. The van der Waals surface area contributed by atoms with Gasteiger partial charge in [-0.1, -0.05) is 18.6 Å². The molecule has 1 heterocycles. The first-order chi connectivity index (χ1) is 8.33. The van der Waals surface area contributed by atoms with Gasteiger partial charge in [0.15, 0.2) is 0 Å². The molecule has 3 rings (SSSR count). The van der Waals surface area contributed by atoms with Crippen LogP contribution in [0.15, 0.2) is 18.2 Å². The van der Waals surface area contributed by atoms with Crippen molar-refractivity contribution in [2.24, 2.45) is 5.73 Å². The van der Waals surface area contributed by atoms with Gasteiger partial charge in [-0.05, 0) is 30.0 Å². The fourth-order valence-corrected chi connectivity index (χ4v) is 2.84. The number of nitrogens with two attached hydrogens (primary N) is 1. The summed E-state index contributed by atoms with van der Waals surface area (Å²) < 4.78 is 5.51. The summed E-state index contributed by atoms with van der Waals surface area (Å²) in [6.45, 7) is 1.76. The summed E-state index contributed by atoms with van der Waals surface area (Å²) in [6, 6.07) is 7.34. The Balaban J connectivity index is 1.61. The molecule has 2 unspecified atom stereocenters. The number of fused-ring (bicyclic) bond motifs is 1. The van der Waals surface area contributed by atoms with Crippen molar-refractivity contribution in [1.29, 1.82) is 0 Å². The smallest absolute Gasteiger partial charge is 0.122 e. The lowest BCUT2D eigenvalue weighted by molar-refractivity contribution is 0.357. The normalized spacial score (nSPS) is 26.9. The molecule has 1 aromatic carbocycles. The Morgan fingerprint density at radius 1 is 1.35 bits per heavy atom. The average molecular weight is 232 g/mol. The Hall–Kier alpha value is -1.06. The molecular weight excluding hydrogens is 212 g/mol. The average Bonchev–Trinajstić information content (AvgIpc) is 2.94. The van der Waals surface area contributed by atoms with Crippen molar-refractivity contribution in [2.45, 2.75) is 44.3 Å². The molecule has 1 saturated carbocycles. The summed E-state index contributed by atoms with van der Waals surface area (Å²) in [4.78, 5) is 0. The van der Waals surface area contributed by atoms with E-state index in [1.165, 1.54) is 24.0 Å². The number of hydrogen-bond donors (Lipinski definition) is 2. The van der Waals surface area contributed by atoms with E-state index in [0.717, 1.165) is 31.7 Å². The third-order valence-electron chi connectivity index (χ3n) is 3.89. The van der Waals surface area contributed by atoms with Crippen LogP contribution in [0.5, 0.6) is 5.75 Å². The number of ether oxygens (including phenoxy) is 1. The van der Waals surface area contributed by atoms with E-state index in [1.807, 2.05) is 0 Å². The molecule has 2 aliphatic rings. The van der Waals surface area contributed by atoms with Crippen molar-refractivity contribution in [2.75, 3.05) is 6.61 Å². The van der Waals surface area contributed by atoms with Crippen LogP contribution < -0.4 is 15.8 Å². The summed E-state index contributed by atoms with van der Waals surface area (Å²) in [6.07, 6.45) is 4.69. The molecule has 0 spiro atoms. The van der Waals surface area contributed by atoms with Crippen molar-refractivity contribution in [3.8, 4) is 5.75 Å². The van der Waals surface area contributed by atoms with Crippen LogP contribution >= 0.6 is 0 Å². The van der Waals surface area contributed by atoms with Gasteiger partial charge in [-0.15, -0.1) is 0 Å². The van der Waals surface area contributed by atoms with Gasteiger partial charge in [0.05, 0.1) is 6.61 Å². The molecule has 17 heavy (non-hydrogen) atoms. The van der Waals surface area contributed by atoms with Crippen LogP contribution in [0.3, 0.4) is 0 Å². The van der Waals surface area contributed by atoms with Crippen LogP contribution in [0, 0.1) is 0 Å². The molecule has 3 heteroatoms. The van der Waals surface area contributed by atoms with E-state index in [1.54, 1.807) is 0 Å². The molecule has 0 saturated heterocycles. The van der Waals surface area contributed by atoms with Gasteiger partial charge in [-0.25, -0.2) is 0 Å². The first-order valence-electron chi connectivity index (χ1n) is 6.56. The van der Waals surface area contributed by atoms with Crippen molar-refractivity contribution >= 4 is 0 Å². The Kier molecular flexibility index (Phi) is 3.04. The summed E-state index contributed by atoms with van der Waals surface area (Å²) in [7, 11) is 0. The second-order valence-corrected chi connectivity index (χ2v) is 5.12. The third kappa shape index (κ3) is 2.31. The van der Waals surface area contributed by atoms with E-state index in [-0.39, 0.29) is 0 Å². The van der Waals surface area contributed by atoms with Gasteiger partial charge < -0.3 is 15.8 Å². The largest absolute Gasteiger partial charge is 0.493 e. The molecule has 0 aromatic heterocycles. The number of benzene rings is 1. The molecule has 1 fully saturated rings. The Labute approximate surface area is 102 Å². The minimum atomic E-state index is 0.341. The van der Waals surface area contributed by atoms with E-state index in [0.29, 0.717) is 12.1 Å². The molecule has 1 aliphatic carbocycles. The topological polar surface area (TPSA) is 47.3 Å². The molecule has 1 aliphatic heterocycles. The highest BCUT2D eigenvalue weighted by atomic mass is 16.5. The van der Waals surface area contributed by atoms with Crippen LogP contribution in [0.4, 0.5) is 0 Å². The van der Waals surface area contributed by atoms with Crippen molar-refractivity contribution in [3.63, 3.8) is 0 Å². The van der Waals surface area contributed by atoms with Crippen molar-refractivity contribution in [1.82, 2.24) is 5.32 Å². The van der Waals surface area contributed by atoms with Gasteiger partial charge in [-0.3, -0.25) is 0 Å². The van der Waals surface area contributed by atoms with E-state index in [4.69, 9.17) is 10.5 Å². The third-order valence-corrected chi connectivity index (χ3v) is 3.89. The van der Waals surface area contributed by atoms with Crippen LogP contribution in [0.1, 0.15) is 30.4 Å². The maximum Gasteiger partial charge on any atom is 0.122 e. The lowest BCUT2D eigenvalue weighted by atomic mass is 10.1. The highest BCUT2D eigenvalue weighted by molar-refractivity contribution is 5.39. The molecule has 3 N–H and O–H groups in total. The quantitative estimate of drug-likeness (QED) is 0.832. The second-order valence-electron chi connectivity index (χ2n) is 5.12. The fraction of sp³-hybridized carbons (Fsp3) is 0.571. The van der Waals surface area contributed by atoms with E-state index < -0.39 is 0 Å². The maximum atomic E-state index is 6.05. The summed E-state index contributed by atoms with van der Waals surface area (Å²) in [5.74, 6) is 1.06. The predicted octanol–water partition coefficient (Wildman–Crippen LogP) is 1.59. The molecule has 2 atom stereocenters. The van der Waals surface area contributed by atoms with E-state index in [9.17, 15) is 0 Å². The Morgan fingerprint density at radius 2 is 2.29 bits per heavy atom. The van der Waals surface area contributed by atoms with Gasteiger partial charge in [0.25, 0.3) is 0 Å². The summed E-state index contributed by atoms with van der Waals surface area (Å²) in [5, 5.41) is 3.57. The zero-order valence-corrected chi connectivity index (χ0v) is 10.1. The van der Waals surface area contributed by atoms with Gasteiger partial charge >= 0.3 is 0 Å². The standard InChI is InChI=1S/C14H20N2O/c15-12-2-1-3-13(12)16-9-10-4-5-14-11(8-10)6-7-17-14/h4-5,8,12-13,16H,1-3,6-7,9,15H2. The fourth-order valence-electron chi connectivity index (χ4n) is 2.84. The number of rotatable bonds is 3. The molecule has 0 bridgehead atoms. The number of nitrogens with one attached hydrogen (secondary N) is 1. The first kappa shape index (κ1) is 11.1. The minimum absolute atomic E-state index is 0.341. The molecule has 92 valence electrons. The summed E-state index contributed by atoms with van der Waals surface area (Å²) >= 11 is 0. The van der Waals surface area contributed by atoms with Gasteiger partial charge in [0.1, 0.15) is 5.75 Å². The Bertz CT molecular complexity index is 405. The van der Waals surface area contributed by atoms with Gasteiger partial charge in [-0.2, -0.15) is 0 Å². The molecular formula is C14H20N2O. The zero-order chi connectivity index (χ0) is 11.7. The lowest BCUT2D eigenvalue weighted by Crippen LogP contribution is -2.40. The molecule has 1 aromatic rings. The monoisotopic (exact) mass is 232 g/mol. The lowest BCUT2D eigenvalue weighted by Gasteiger charge is -2.17. The van der Waals surface area contributed by atoms with Crippen LogP contribution in [0.25, 0.3) is 0 Å². The summed E-state index contributed by atoms with van der Waals surface area (Å²) in [5.41, 5.74) is 8.74. The highest BCUT2D eigenvalue weighted by Gasteiger charge is 2.23. The van der Waals surface area contributed by atoms with E-state index in [2.05, 4.69) is 23.5 Å².